The lowest BCUT2D eigenvalue weighted by Gasteiger charge is -2.05. The molecule has 0 aromatic rings. The van der Waals surface area contributed by atoms with Gasteiger partial charge in [-0.15, -0.1) is 0 Å². The van der Waals surface area contributed by atoms with Crippen molar-refractivity contribution < 1.29 is 15.0 Å². The van der Waals surface area contributed by atoms with E-state index in [-0.39, 0.29) is 11.4 Å². The van der Waals surface area contributed by atoms with Crippen molar-refractivity contribution in [2.45, 2.75) is 117 Å². The van der Waals surface area contributed by atoms with Gasteiger partial charge >= 0.3 is 5.97 Å². The fourth-order valence-corrected chi connectivity index (χ4v) is 2.72. The summed E-state index contributed by atoms with van der Waals surface area (Å²) in [4.78, 5) is 11.6. The van der Waals surface area contributed by atoms with Crippen LogP contribution in [0.2, 0.25) is 0 Å². The van der Waals surface area contributed by atoms with Gasteiger partial charge in [0.1, 0.15) is 0 Å². The van der Waals surface area contributed by atoms with E-state index in [0.29, 0.717) is 13.0 Å². The fraction of sp³-hybridized carbons (Fsp3) is 0.950. The molecule has 0 radical (unpaired) electrons. The van der Waals surface area contributed by atoms with Crippen LogP contribution in [0.15, 0.2) is 0 Å². The normalized spacial score (nSPS) is 10.3. The maximum Gasteiger partial charge on any atom is 0.305 e. The maximum absolute atomic E-state index is 11.6. The van der Waals surface area contributed by atoms with Gasteiger partial charge in [-0.1, -0.05) is 97.3 Å². The standard InChI is InChI=1S/C20H40O2.H2O/c1-3-5-7-9-11-13-15-17-19-22-20(21)18-16-14-12-10-8-6-4-2;/h3-19H2,1-2H3;1H2. The molecule has 0 spiro atoms. The molecule has 3 heteroatoms. The number of hydrogen-bond acceptors (Lipinski definition) is 2. The summed E-state index contributed by atoms with van der Waals surface area (Å²) in [6.45, 7) is 5.12. The van der Waals surface area contributed by atoms with Crippen molar-refractivity contribution >= 4 is 5.97 Å². The van der Waals surface area contributed by atoms with Gasteiger partial charge in [0.15, 0.2) is 0 Å². The van der Waals surface area contributed by atoms with Crippen LogP contribution in [0.3, 0.4) is 0 Å². The molecule has 0 unspecified atom stereocenters. The molecule has 0 aromatic heterocycles. The topological polar surface area (TPSA) is 57.8 Å². The van der Waals surface area contributed by atoms with Crippen molar-refractivity contribution in [1.29, 1.82) is 0 Å². The molecule has 2 N–H and O–H groups in total. The molecule has 0 fully saturated rings. The molecule has 140 valence electrons. The second-order valence-corrected chi connectivity index (χ2v) is 6.57. The largest absolute Gasteiger partial charge is 0.466 e. The summed E-state index contributed by atoms with van der Waals surface area (Å²) in [5, 5.41) is 0. The molecule has 0 aliphatic rings. The average molecular weight is 331 g/mol. The van der Waals surface area contributed by atoms with Gasteiger partial charge in [-0.3, -0.25) is 4.79 Å². The Labute approximate surface area is 144 Å². The molecule has 23 heavy (non-hydrogen) atoms. The number of carbonyl (C=O) groups excluding carboxylic acids is 1. The van der Waals surface area contributed by atoms with Crippen LogP contribution in [0.25, 0.3) is 0 Å². The molecule has 0 heterocycles. The second-order valence-electron chi connectivity index (χ2n) is 6.57. The lowest BCUT2D eigenvalue weighted by atomic mass is 10.1. The molecule has 0 aliphatic heterocycles. The van der Waals surface area contributed by atoms with Crippen molar-refractivity contribution in [3.05, 3.63) is 0 Å². The van der Waals surface area contributed by atoms with E-state index in [1.54, 1.807) is 0 Å². The predicted octanol–water partition coefficient (Wildman–Crippen LogP) is 5.99. The third kappa shape index (κ3) is 21.4. The van der Waals surface area contributed by atoms with Gasteiger partial charge in [0, 0.05) is 6.42 Å². The number of rotatable bonds is 17. The molecule has 0 aliphatic carbocycles. The third-order valence-corrected chi connectivity index (χ3v) is 4.25. The lowest BCUT2D eigenvalue weighted by Crippen LogP contribution is -2.05. The Bertz CT molecular complexity index is 229. The van der Waals surface area contributed by atoms with Crippen molar-refractivity contribution in [2.75, 3.05) is 6.61 Å². The van der Waals surface area contributed by atoms with Gasteiger partial charge in [-0.05, 0) is 12.8 Å². The van der Waals surface area contributed by atoms with Crippen LogP contribution in [0.5, 0.6) is 0 Å². The Morgan fingerprint density at radius 1 is 0.609 bits per heavy atom. The van der Waals surface area contributed by atoms with E-state index in [4.69, 9.17) is 4.74 Å². The zero-order chi connectivity index (χ0) is 16.3. The van der Waals surface area contributed by atoms with Crippen molar-refractivity contribution in [3.8, 4) is 0 Å². The number of esters is 1. The minimum atomic E-state index is 0. The Balaban J connectivity index is 0. The summed E-state index contributed by atoms with van der Waals surface area (Å²) < 4.78 is 5.29. The minimum Gasteiger partial charge on any atom is -0.466 e. The second kappa shape index (κ2) is 21.4. The van der Waals surface area contributed by atoms with E-state index in [9.17, 15) is 4.79 Å². The van der Waals surface area contributed by atoms with Crippen LogP contribution < -0.4 is 0 Å². The number of ether oxygens (including phenoxy) is 1. The molecule has 0 amide bonds. The van der Waals surface area contributed by atoms with Crippen molar-refractivity contribution in [3.63, 3.8) is 0 Å². The summed E-state index contributed by atoms with van der Waals surface area (Å²) in [5.74, 6) is 0.0107. The van der Waals surface area contributed by atoms with E-state index in [2.05, 4.69) is 13.8 Å². The summed E-state index contributed by atoms with van der Waals surface area (Å²) >= 11 is 0. The highest BCUT2D eigenvalue weighted by atomic mass is 16.5. The Morgan fingerprint density at radius 3 is 1.48 bits per heavy atom. The van der Waals surface area contributed by atoms with Gasteiger partial charge in [0.05, 0.1) is 6.61 Å². The molecular formula is C20H42O3. The van der Waals surface area contributed by atoms with Gasteiger partial charge < -0.3 is 10.2 Å². The van der Waals surface area contributed by atoms with Gasteiger partial charge in [0.25, 0.3) is 0 Å². The zero-order valence-corrected chi connectivity index (χ0v) is 15.8. The maximum atomic E-state index is 11.6. The van der Waals surface area contributed by atoms with E-state index in [1.165, 1.54) is 83.5 Å². The fourth-order valence-electron chi connectivity index (χ4n) is 2.72. The van der Waals surface area contributed by atoms with Crippen LogP contribution in [-0.4, -0.2) is 18.1 Å². The summed E-state index contributed by atoms with van der Waals surface area (Å²) in [6, 6.07) is 0. The molecule has 3 nitrogen and oxygen atoms in total. The Morgan fingerprint density at radius 2 is 1.00 bits per heavy atom. The van der Waals surface area contributed by atoms with Gasteiger partial charge in [-0.25, -0.2) is 0 Å². The van der Waals surface area contributed by atoms with Gasteiger partial charge in [-0.2, -0.15) is 0 Å². The monoisotopic (exact) mass is 330 g/mol. The number of hydrogen-bond donors (Lipinski definition) is 0. The summed E-state index contributed by atoms with van der Waals surface area (Å²) in [6.07, 6.45) is 19.7. The first kappa shape index (κ1) is 24.7. The first-order valence-corrected chi connectivity index (χ1v) is 9.96. The molecule has 0 aromatic carbocycles. The van der Waals surface area contributed by atoms with Crippen molar-refractivity contribution in [2.24, 2.45) is 0 Å². The van der Waals surface area contributed by atoms with Crippen LogP contribution >= 0.6 is 0 Å². The number of unbranched alkanes of at least 4 members (excludes halogenated alkanes) is 13. The predicted molar refractivity (Wildman–Crippen MR) is 99.8 cm³/mol. The van der Waals surface area contributed by atoms with E-state index >= 15 is 0 Å². The smallest absolute Gasteiger partial charge is 0.305 e. The highest BCUT2D eigenvalue weighted by Gasteiger charge is 2.02. The van der Waals surface area contributed by atoms with Crippen LogP contribution in [0, 0.1) is 0 Å². The third-order valence-electron chi connectivity index (χ3n) is 4.25. The first-order chi connectivity index (χ1) is 10.8. The summed E-state index contributed by atoms with van der Waals surface area (Å²) in [5.41, 5.74) is 0. The van der Waals surface area contributed by atoms with E-state index < -0.39 is 0 Å². The molecule has 0 rings (SSSR count). The molecule has 0 saturated carbocycles. The van der Waals surface area contributed by atoms with Crippen LogP contribution in [0.1, 0.15) is 117 Å². The summed E-state index contributed by atoms with van der Waals surface area (Å²) in [7, 11) is 0. The average Bonchev–Trinajstić information content (AvgIpc) is 2.52. The van der Waals surface area contributed by atoms with Crippen LogP contribution in [-0.2, 0) is 9.53 Å². The minimum absolute atomic E-state index is 0. The zero-order valence-electron chi connectivity index (χ0n) is 15.8. The first-order valence-electron chi connectivity index (χ1n) is 9.96. The van der Waals surface area contributed by atoms with E-state index in [0.717, 1.165) is 12.8 Å². The van der Waals surface area contributed by atoms with Gasteiger partial charge in [0.2, 0.25) is 0 Å². The molecule has 0 bridgehead atoms. The number of carbonyl (C=O) groups is 1. The Kier molecular flexibility index (Phi) is 23.0. The SMILES string of the molecule is CCCCCCCCCCOC(=O)CCCCCCCCC.O. The van der Waals surface area contributed by atoms with Crippen molar-refractivity contribution in [1.82, 2.24) is 0 Å². The quantitative estimate of drug-likeness (QED) is 0.243. The van der Waals surface area contributed by atoms with E-state index in [1.807, 2.05) is 0 Å². The molecular weight excluding hydrogens is 288 g/mol. The van der Waals surface area contributed by atoms with Crippen LogP contribution in [0.4, 0.5) is 0 Å². The molecule has 0 saturated heterocycles. The molecule has 0 atom stereocenters. The lowest BCUT2D eigenvalue weighted by molar-refractivity contribution is -0.143. The highest BCUT2D eigenvalue weighted by molar-refractivity contribution is 5.69. The highest BCUT2D eigenvalue weighted by Crippen LogP contribution is 2.10. The Hall–Kier alpha value is -0.570.